The van der Waals surface area contributed by atoms with Crippen molar-refractivity contribution >= 4 is 31.6 Å². The molecule has 1 aromatic carbocycles. The van der Waals surface area contributed by atoms with Crippen molar-refractivity contribution in [3.63, 3.8) is 0 Å². The van der Waals surface area contributed by atoms with Gasteiger partial charge in [0.2, 0.25) is 10.0 Å². The molecule has 0 radical (unpaired) electrons. The molecule has 0 amide bonds. The number of likely N-dealkylation sites (N-methyl/N-ethyl adjacent to an activating group) is 1. The number of thiophene rings is 1. The number of sulfonamides is 1. The molecule has 1 saturated heterocycles. The highest BCUT2D eigenvalue weighted by Gasteiger charge is 2.23. The quantitative estimate of drug-likeness (QED) is 0.628. The van der Waals surface area contributed by atoms with E-state index in [4.69, 9.17) is 5.14 Å². The Morgan fingerprint density at radius 3 is 2.60 bits per heavy atom. The first kappa shape index (κ1) is 20.6. The number of primary sulfonamides is 1. The van der Waals surface area contributed by atoms with Crippen LogP contribution in [0, 0.1) is 11.3 Å². The molecule has 0 aliphatic carbocycles. The second-order valence-electron chi connectivity index (χ2n) is 7.21. The van der Waals surface area contributed by atoms with E-state index < -0.39 is 15.6 Å². The zero-order chi connectivity index (χ0) is 21.5. The Balaban J connectivity index is 1.93. The van der Waals surface area contributed by atoms with Crippen molar-refractivity contribution < 1.29 is 8.42 Å². The predicted molar refractivity (Wildman–Crippen MR) is 114 cm³/mol. The Morgan fingerprint density at radius 2 is 1.93 bits per heavy atom. The molecule has 11 heteroatoms. The predicted octanol–water partition coefficient (Wildman–Crippen LogP) is 0.714. The van der Waals surface area contributed by atoms with Gasteiger partial charge in [0.05, 0.1) is 23.2 Å². The van der Waals surface area contributed by atoms with Crippen LogP contribution in [0.25, 0.3) is 15.9 Å². The maximum Gasteiger partial charge on any atom is 0.266 e. The fraction of sp³-hybridized carbons (Fsp3) is 0.316. The van der Waals surface area contributed by atoms with Gasteiger partial charge in [-0.2, -0.15) is 5.26 Å². The van der Waals surface area contributed by atoms with Crippen LogP contribution in [0.2, 0.25) is 0 Å². The summed E-state index contributed by atoms with van der Waals surface area (Å²) in [4.78, 5) is 22.8. The topological polar surface area (TPSA) is 125 Å². The first-order valence-electron chi connectivity index (χ1n) is 9.26. The zero-order valence-electron chi connectivity index (χ0n) is 16.3. The van der Waals surface area contributed by atoms with Gasteiger partial charge in [0.25, 0.3) is 5.56 Å². The number of nitriles is 1. The molecule has 1 aliphatic rings. The fourth-order valence-electron chi connectivity index (χ4n) is 3.46. The van der Waals surface area contributed by atoms with Crippen molar-refractivity contribution in [2.45, 2.75) is 10.8 Å². The molecule has 2 N–H and O–H groups in total. The van der Waals surface area contributed by atoms with E-state index in [2.05, 4.69) is 27.9 Å². The summed E-state index contributed by atoms with van der Waals surface area (Å²) >= 11 is 0.880. The Morgan fingerprint density at radius 1 is 1.23 bits per heavy atom. The van der Waals surface area contributed by atoms with Gasteiger partial charge in [-0.05, 0) is 25.2 Å². The lowest BCUT2D eigenvalue weighted by Crippen LogP contribution is -2.44. The first-order chi connectivity index (χ1) is 14.3. The van der Waals surface area contributed by atoms with Crippen LogP contribution in [0.3, 0.4) is 0 Å². The molecule has 9 nitrogen and oxygen atoms in total. The van der Waals surface area contributed by atoms with Crippen LogP contribution in [-0.2, 0) is 16.6 Å². The summed E-state index contributed by atoms with van der Waals surface area (Å²) < 4.78 is 24.9. The monoisotopic (exact) mass is 444 g/mol. The van der Waals surface area contributed by atoms with E-state index in [0.29, 0.717) is 28.5 Å². The molecule has 0 spiro atoms. The van der Waals surface area contributed by atoms with E-state index in [9.17, 15) is 18.5 Å². The number of benzene rings is 1. The summed E-state index contributed by atoms with van der Waals surface area (Å²) in [6.45, 7) is 3.83. The lowest BCUT2D eigenvalue weighted by atomic mass is 10.2. The summed E-state index contributed by atoms with van der Waals surface area (Å²) in [6, 6.07) is 10.2. The first-order valence-corrected chi connectivity index (χ1v) is 11.6. The van der Waals surface area contributed by atoms with E-state index >= 15 is 0 Å². The van der Waals surface area contributed by atoms with Crippen molar-refractivity contribution in [2.24, 2.45) is 5.14 Å². The minimum atomic E-state index is -3.96. The lowest BCUT2D eigenvalue weighted by molar-refractivity contribution is 0.144. The molecule has 0 atom stereocenters. The minimum Gasteiger partial charge on any atom is -0.304 e. The van der Waals surface area contributed by atoms with E-state index in [1.807, 2.05) is 0 Å². The van der Waals surface area contributed by atoms with Crippen molar-refractivity contribution in [1.29, 1.82) is 5.26 Å². The van der Waals surface area contributed by atoms with E-state index in [1.165, 1.54) is 10.6 Å². The van der Waals surface area contributed by atoms with Gasteiger partial charge in [0.15, 0.2) is 0 Å². The third-order valence-electron chi connectivity index (χ3n) is 5.12. The summed E-state index contributed by atoms with van der Waals surface area (Å²) in [5.74, 6) is 0.461. The zero-order valence-corrected chi connectivity index (χ0v) is 17.9. The summed E-state index contributed by atoms with van der Waals surface area (Å²) in [5, 5.41) is 15.0. The van der Waals surface area contributed by atoms with Gasteiger partial charge in [-0.1, -0.05) is 12.1 Å². The van der Waals surface area contributed by atoms with Crippen molar-refractivity contribution in [3.8, 4) is 11.8 Å². The number of fused-ring (bicyclic) bond motifs is 1. The molecule has 4 rings (SSSR count). The molecular formula is C19H20N6O3S2. The Kier molecular flexibility index (Phi) is 5.44. The van der Waals surface area contributed by atoms with Crippen LogP contribution in [0.15, 0.2) is 39.3 Å². The van der Waals surface area contributed by atoms with Gasteiger partial charge in [-0.15, -0.1) is 11.3 Å². The van der Waals surface area contributed by atoms with E-state index in [-0.39, 0.29) is 9.60 Å². The number of para-hydroxylation sites is 1. The molecule has 30 heavy (non-hydrogen) atoms. The van der Waals surface area contributed by atoms with Gasteiger partial charge in [-0.25, -0.2) is 18.5 Å². The second-order valence-corrected chi connectivity index (χ2v) is 10.0. The molecule has 1 aliphatic heterocycles. The van der Waals surface area contributed by atoms with Crippen LogP contribution in [0.4, 0.5) is 0 Å². The number of hydrogen-bond donors (Lipinski definition) is 1. The molecule has 0 unspecified atom stereocenters. The molecular weight excluding hydrogens is 424 g/mol. The van der Waals surface area contributed by atoms with E-state index in [1.54, 1.807) is 24.3 Å². The van der Waals surface area contributed by atoms with Crippen molar-refractivity contribution in [1.82, 2.24) is 19.4 Å². The number of nitrogens with two attached hydrogens (primary N) is 1. The Bertz CT molecular complexity index is 1310. The number of nitrogens with zero attached hydrogens (tertiary/aromatic N) is 5. The number of rotatable bonds is 4. The van der Waals surface area contributed by atoms with Gasteiger partial charge < -0.3 is 4.90 Å². The maximum atomic E-state index is 13.4. The van der Waals surface area contributed by atoms with Crippen LogP contribution in [-0.4, -0.2) is 61.0 Å². The normalized spacial score (nSPS) is 16.0. The van der Waals surface area contributed by atoms with Crippen molar-refractivity contribution in [2.75, 3.05) is 33.2 Å². The van der Waals surface area contributed by atoms with Gasteiger partial charge in [-0.3, -0.25) is 14.3 Å². The Labute approximate surface area is 177 Å². The molecule has 3 aromatic rings. The molecule has 156 valence electrons. The highest BCUT2D eigenvalue weighted by atomic mass is 32.2. The maximum absolute atomic E-state index is 13.4. The fourth-order valence-corrected chi connectivity index (χ4v) is 5.22. The standard InChI is InChI=1S/C19H20N6O3S2/c1-23-6-8-24(9-7-23)12-16-22-18-14(10-17(29-18)30(21,27)28)19(26)25(16)15-5-3-2-4-13(15)11-20/h2-5,10H,6-9,12H2,1H3,(H2,21,27,28). The minimum absolute atomic E-state index is 0.112. The number of hydrogen-bond acceptors (Lipinski definition) is 8. The molecule has 3 heterocycles. The molecule has 2 aromatic heterocycles. The summed E-state index contributed by atoms with van der Waals surface area (Å²) in [5.41, 5.74) is 0.340. The number of piperazine rings is 1. The molecule has 0 saturated carbocycles. The summed E-state index contributed by atoms with van der Waals surface area (Å²) in [6.07, 6.45) is 0. The molecule has 1 fully saturated rings. The van der Waals surface area contributed by atoms with E-state index in [0.717, 1.165) is 37.5 Å². The molecule has 0 bridgehead atoms. The van der Waals surface area contributed by atoms with Gasteiger partial charge in [0.1, 0.15) is 20.9 Å². The van der Waals surface area contributed by atoms with Crippen LogP contribution >= 0.6 is 11.3 Å². The third-order valence-corrected chi connectivity index (χ3v) is 7.57. The summed E-state index contributed by atoms with van der Waals surface area (Å²) in [7, 11) is -1.90. The van der Waals surface area contributed by atoms with Gasteiger partial charge >= 0.3 is 0 Å². The average Bonchev–Trinajstić information content (AvgIpc) is 3.15. The van der Waals surface area contributed by atoms with Gasteiger partial charge in [0, 0.05) is 26.2 Å². The second kappa shape index (κ2) is 7.90. The van der Waals surface area contributed by atoms with Crippen LogP contribution < -0.4 is 10.7 Å². The highest BCUT2D eigenvalue weighted by Crippen LogP contribution is 2.26. The SMILES string of the molecule is CN1CCN(Cc2nc3sc(S(N)(=O)=O)cc3c(=O)n2-c2ccccc2C#N)CC1. The van der Waals surface area contributed by atoms with Crippen LogP contribution in [0.1, 0.15) is 11.4 Å². The number of aromatic nitrogens is 2. The Hall–Kier alpha value is -2.62. The van der Waals surface area contributed by atoms with Crippen molar-refractivity contribution in [3.05, 3.63) is 52.1 Å². The third kappa shape index (κ3) is 3.88. The smallest absolute Gasteiger partial charge is 0.266 e. The van der Waals surface area contributed by atoms with Crippen LogP contribution in [0.5, 0.6) is 0 Å². The lowest BCUT2D eigenvalue weighted by Gasteiger charge is -2.32. The largest absolute Gasteiger partial charge is 0.304 e. The highest BCUT2D eigenvalue weighted by molar-refractivity contribution is 7.91. The average molecular weight is 445 g/mol.